The van der Waals surface area contributed by atoms with Gasteiger partial charge in [-0.25, -0.2) is 0 Å². The Balaban J connectivity index is 0.00000576. The normalized spacial score (nSPS) is 11.4. The van der Waals surface area contributed by atoms with Gasteiger partial charge >= 0.3 is 0 Å². The number of hydrogen-bond acceptors (Lipinski definition) is 3. The van der Waals surface area contributed by atoms with Crippen molar-refractivity contribution in [3.8, 4) is 0 Å². The van der Waals surface area contributed by atoms with Crippen molar-refractivity contribution >= 4 is 29.9 Å². The van der Waals surface area contributed by atoms with E-state index in [9.17, 15) is 0 Å². The van der Waals surface area contributed by atoms with Gasteiger partial charge in [0.25, 0.3) is 0 Å². The maximum Gasteiger partial charge on any atom is 0.191 e. The van der Waals surface area contributed by atoms with E-state index >= 15 is 0 Å². The zero-order chi connectivity index (χ0) is 17.8. The summed E-state index contributed by atoms with van der Waals surface area (Å²) >= 11 is 0. The van der Waals surface area contributed by atoms with Crippen LogP contribution in [0, 0.1) is 13.8 Å². The van der Waals surface area contributed by atoms with Crippen molar-refractivity contribution in [2.75, 3.05) is 54.0 Å². The third-order valence-corrected chi connectivity index (χ3v) is 4.08. The summed E-state index contributed by atoms with van der Waals surface area (Å²) in [7, 11) is 5.69. The van der Waals surface area contributed by atoms with Crippen LogP contribution in [0.2, 0.25) is 0 Å². The Bertz CT molecular complexity index is 508. The molecular formula is C19H35IN4O. The van der Waals surface area contributed by atoms with Crippen molar-refractivity contribution in [3.05, 3.63) is 34.9 Å². The van der Waals surface area contributed by atoms with Crippen LogP contribution in [0.15, 0.2) is 23.2 Å². The number of benzene rings is 1. The Hall–Kier alpha value is -0.860. The summed E-state index contributed by atoms with van der Waals surface area (Å²) in [5.74, 6) is 0.866. The van der Waals surface area contributed by atoms with Crippen LogP contribution in [0.4, 0.5) is 0 Å². The van der Waals surface area contributed by atoms with Crippen molar-refractivity contribution in [1.82, 2.24) is 15.5 Å². The van der Waals surface area contributed by atoms with Crippen LogP contribution in [0.25, 0.3) is 0 Å². The fourth-order valence-electron chi connectivity index (χ4n) is 2.62. The topological polar surface area (TPSA) is 48.9 Å². The van der Waals surface area contributed by atoms with Gasteiger partial charge in [-0.15, -0.1) is 24.0 Å². The molecule has 1 aromatic rings. The average Bonchev–Trinajstić information content (AvgIpc) is 2.55. The number of ether oxygens (including phenoxy) is 1. The Morgan fingerprint density at radius 3 is 2.52 bits per heavy atom. The molecule has 144 valence electrons. The van der Waals surface area contributed by atoms with Gasteiger partial charge < -0.3 is 20.3 Å². The zero-order valence-electron chi connectivity index (χ0n) is 16.4. The van der Waals surface area contributed by atoms with Crippen LogP contribution in [-0.4, -0.2) is 64.9 Å². The fourth-order valence-corrected chi connectivity index (χ4v) is 2.62. The summed E-state index contributed by atoms with van der Waals surface area (Å²) < 4.78 is 5.08. The van der Waals surface area contributed by atoms with Gasteiger partial charge in [0.2, 0.25) is 0 Å². The molecule has 0 spiro atoms. The molecule has 0 aromatic heterocycles. The van der Waals surface area contributed by atoms with E-state index in [1.807, 2.05) is 7.05 Å². The summed E-state index contributed by atoms with van der Waals surface area (Å²) in [5, 5.41) is 6.75. The Morgan fingerprint density at radius 1 is 1.16 bits per heavy atom. The standard InChI is InChI=1S/C19H34N4O.HI/c1-16-7-8-18(17(2)15-16)9-10-21-19(20-3)22-11-13-23(4)12-6-14-24-5;/h7-8,15H,6,9-14H2,1-5H3,(H2,20,21,22);1H. The number of aryl methyl sites for hydroxylation is 2. The van der Waals surface area contributed by atoms with Gasteiger partial charge in [-0.05, 0) is 44.9 Å². The largest absolute Gasteiger partial charge is 0.385 e. The third kappa shape index (κ3) is 10.7. The van der Waals surface area contributed by atoms with Crippen LogP contribution in [-0.2, 0) is 11.2 Å². The van der Waals surface area contributed by atoms with Crippen LogP contribution < -0.4 is 10.6 Å². The molecular weight excluding hydrogens is 427 g/mol. The first-order valence-corrected chi connectivity index (χ1v) is 8.75. The predicted octanol–water partition coefficient (Wildman–Crippen LogP) is 2.60. The monoisotopic (exact) mass is 462 g/mol. The number of likely N-dealkylation sites (N-methyl/N-ethyl adjacent to an activating group) is 1. The highest BCUT2D eigenvalue weighted by atomic mass is 127. The van der Waals surface area contributed by atoms with Gasteiger partial charge in [0.05, 0.1) is 0 Å². The lowest BCUT2D eigenvalue weighted by Crippen LogP contribution is -2.41. The highest BCUT2D eigenvalue weighted by Crippen LogP contribution is 2.10. The molecule has 0 amide bonds. The molecule has 6 heteroatoms. The lowest BCUT2D eigenvalue weighted by atomic mass is 10.0. The van der Waals surface area contributed by atoms with Crippen molar-refractivity contribution in [3.63, 3.8) is 0 Å². The highest BCUT2D eigenvalue weighted by molar-refractivity contribution is 14.0. The number of halogens is 1. The molecule has 0 fully saturated rings. The van der Waals surface area contributed by atoms with Crippen LogP contribution in [0.5, 0.6) is 0 Å². The predicted molar refractivity (Wildman–Crippen MR) is 118 cm³/mol. The molecule has 25 heavy (non-hydrogen) atoms. The molecule has 2 N–H and O–H groups in total. The SMILES string of the molecule is CN=C(NCCc1ccc(C)cc1C)NCCN(C)CCCOC.I. The summed E-state index contributed by atoms with van der Waals surface area (Å²) in [5.41, 5.74) is 4.06. The van der Waals surface area contributed by atoms with Crippen molar-refractivity contribution in [1.29, 1.82) is 0 Å². The van der Waals surface area contributed by atoms with Gasteiger partial charge in [0.15, 0.2) is 5.96 Å². The van der Waals surface area contributed by atoms with Crippen molar-refractivity contribution < 1.29 is 4.74 Å². The average molecular weight is 462 g/mol. The molecule has 0 bridgehead atoms. The second kappa shape index (κ2) is 14.3. The molecule has 1 aromatic carbocycles. The minimum atomic E-state index is 0. The number of guanidine groups is 1. The van der Waals surface area contributed by atoms with E-state index in [1.54, 1.807) is 7.11 Å². The molecule has 0 aliphatic carbocycles. The molecule has 0 atom stereocenters. The Morgan fingerprint density at radius 2 is 1.88 bits per heavy atom. The third-order valence-electron chi connectivity index (χ3n) is 4.08. The second-order valence-electron chi connectivity index (χ2n) is 6.26. The smallest absolute Gasteiger partial charge is 0.191 e. The maximum absolute atomic E-state index is 5.08. The lowest BCUT2D eigenvalue weighted by molar-refractivity contribution is 0.180. The molecule has 0 aliphatic heterocycles. The van der Waals surface area contributed by atoms with Gasteiger partial charge in [-0.1, -0.05) is 23.8 Å². The molecule has 0 radical (unpaired) electrons. The molecule has 0 heterocycles. The van der Waals surface area contributed by atoms with E-state index in [1.165, 1.54) is 16.7 Å². The number of methoxy groups -OCH3 is 1. The van der Waals surface area contributed by atoms with Gasteiger partial charge in [0, 0.05) is 46.9 Å². The summed E-state index contributed by atoms with van der Waals surface area (Å²) in [4.78, 5) is 6.58. The first-order valence-electron chi connectivity index (χ1n) is 8.75. The lowest BCUT2D eigenvalue weighted by Gasteiger charge is -2.18. The van der Waals surface area contributed by atoms with E-state index in [0.717, 1.165) is 51.6 Å². The van der Waals surface area contributed by atoms with E-state index in [2.05, 4.69) is 59.6 Å². The summed E-state index contributed by atoms with van der Waals surface area (Å²) in [6, 6.07) is 6.63. The van der Waals surface area contributed by atoms with Crippen LogP contribution in [0.1, 0.15) is 23.1 Å². The second-order valence-corrected chi connectivity index (χ2v) is 6.26. The Labute approximate surface area is 170 Å². The fraction of sp³-hybridized carbons (Fsp3) is 0.632. The molecule has 0 saturated heterocycles. The number of nitrogens with zero attached hydrogens (tertiary/aromatic N) is 2. The van der Waals surface area contributed by atoms with Crippen LogP contribution in [0.3, 0.4) is 0 Å². The van der Waals surface area contributed by atoms with E-state index in [-0.39, 0.29) is 24.0 Å². The first kappa shape index (κ1) is 24.1. The molecule has 0 aliphatic rings. The zero-order valence-corrected chi connectivity index (χ0v) is 18.7. The van der Waals surface area contributed by atoms with Gasteiger partial charge in [-0.3, -0.25) is 4.99 Å². The van der Waals surface area contributed by atoms with Crippen LogP contribution >= 0.6 is 24.0 Å². The Kier molecular flexibility index (Phi) is 13.8. The van der Waals surface area contributed by atoms with Crippen molar-refractivity contribution in [2.24, 2.45) is 4.99 Å². The molecule has 0 saturated carbocycles. The van der Waals surface area contributed by atoms with Gasteiger partial charge in [-0.2, -0.15) is 0 Å². The van der Waals surface area contributed by atoms with Crippen molar-refractivity contribution in [2.45, 2.75) is 26.7 Å². The van der Waals surface area contributed by atoms with Gasteiger partial charge in [0.1, 0.15) is 0 Å². The highest BCUT2D eigenvalue weighted by Gasteiger charge is 2.02. The minimum absolute atomic E-state index is 0. The number of nitrogens with one attached hydrogen (secondary N) is 2. The molecule has 5 nitrogen and oxygen atoms in total. The summed E-state index contributed by atoms with van der Waals surface area (Å²) in [6.07, 6.45) is 2.07. The van der Waals surface area contributed by atoms with E-state index in [0.29, 0.717) is 0 Å². The molecule has 0 unspecified atom stereocenters. The number of hydrogen-bond donors (Lipinski definition) is 2. The quantitative estimate of drug-likeness (QED) is 0.243. The summed E-state index contributed by atoms with van der Waals surface area (Å²) in [6.45, 7) is 8.93. The number of aliphatic imine (C=N–C) groups is 1. The first-order chi connectivity index (χ1) is 11.6. The van der Waals surface area contributed by atoms with E-state index < -0.39 is 0 Å². The van der Waals surface area contributed by atoms with E-state index in [4.69, 9.17) is 4.74 Å². The molecule has 1 rings (SSSR count). The number of rotatable bonds is 10. The maximum atomic E-state index is 5.08. The minimum Gasteiger partial charge on any atom is -0.385 e.